The average Bonchev–Trinajstić information content (AvgIpc) is 3.12. The molecule has 0 aliphatic carbocycles. The number of ether oxygens (including phenoxy) is 1. The van der Waals surface area contributed by atoms with E-state index >= 15 is 0 Å². The van der Waals surface area contributed by atoms with Gasteiger partial charge in [-0.15, -0.1) is 0 Å². The van der Waals surface area contributed by atoms with Gasteiger partial charge in [0.05, 0.1) is 29.3 Å². The number of benzene rings is 1. The van der Waals surface area contributed by atoms with Crippen molar-refractivity contribution in [1.82, 2.24) is 13.9 Å². The summed E-state index contributed by atoms with van der Waals surface area (Å²) in [4.78, 5) is 15.5. The number of aldehydes is 1. The van der Waals surface area contributed by atoms with Crippen LogP contribution >= 0.6 is 0 Å². The van der Waals surface area contributed by atoms with Gasteiger partial charge in [0.25, 0.3) is 0 Å². The Bertz CT molecular complexity index is 1290. The molecule has 1 aromatic carbocycles. The Kier molecular flexibility index (Phi) is 6.17. The first-order valence-corrected chi connectivity index (χ1v) is 12.1. The summed E-state index contributed by atoms with van der Waals surface area (Å²) >= 11 is 0. The van der Waals surface area contributed by atoms with E-state index in [4.69, 9.17) is 4.74 Å². The van der Waals surface area contributed by atoms with Crippen LogP contribution in [0.2, 0.25) is 0 Å². The van der Waals surface area contributed by atoms with Crippen molar-refractivity contribution in [2.45, 2.75) is 44.7 Å². The van der Waals surface area contributed by atoms with E-state index in [-0.39, 0.29) is 12.6 Å². The van der Waals surface area contributed by atoms with E-state index in [9.17, 15) is 13.2 Å². The van der Waals surface area contributed by atoms with Gasteiger partial charge in [0, 0.05) is 36.4 Å². The van der Waals surface area contributed by atoms with Crippen LogP contribution in [0.3, 0.4) is 0 Å². The maximum atomic E-state index is 13.3. The second-order valence-corrected chi connectivity index (χ2v) is 10.1. The number of hydrogen-bond acceptors (Lipinski definition) is 5. The molecule has 2 aromatic heterocycles. The van der Waals surface area contributed by atoms with Gasteiger partial charge in [-0.2, -0.15) is 4.31 Å². The first kappa shape index (κ1) is 22.2. The summed E-state index contributed by atoms with van der Waals surface area (Å²) in [6.45, 7) is 6.61. The fraction of sp³-hybridized carbons (Fsp3) is 0.333. The molecule has 4 rings (SSSR count). The highest BCUT2D eigenvalue weighted by atomic mass is 32.2. The Balaban J connectivity index is 1.60. The predicted octanol–water partition coefficient (Wildman–Crippen LogP) is 3.81. The van der Waals surface area contributed by atoms with Crippen molar-refractivity contribution in [1.29, 1.82) is 0 Å². The van der Waals surface area contributed by atoms with E-state index in [0.29, 0.717) is 35.7 Å². The lowest BCUT2D eigenvalue weighted by Crippen LogP contribution is -2.35. The van der Waals surface area contributed by atoms with Crippen LogP contribution in [-0.2, 0) is 21.4 Å². The van der Waals surface area contributed by atoms with Crippen LogP contribution in [0, 0.1) is 6.92 Å². The fourth-order valence-electron chi connectivity index (χ4n) is 4.13. The van der Waals surface area contributed by atoms with Gasteiger partial charge in [-0.25, -0.2) is 8.42 Å². The fourth-order valence-corrected chi connectivity index (χ4v) is 5.72. The number of fused-ring (bicyclic) bond motifs is 1. The minimum atomic E-state index is -3.62. The molecule has 0 atom stereocenters. The normalized spacial score (nSPS) is 15.2. The number of nitrogens with zero attached hydrogens (tertiary/aromatic N) is 3. The zero-order valence-corrected chi connectivity index (χ0v) is 19.3. The molecule has 3 heterocycles. The van der Waals surface area contributed by atoms with Gasteiger partial charge >= 0.3 is 0 Å². The first-order chi connectivity index (χ1) is 15.3. The van der Waals surface area contributed by atoms with Crippen LogP contribution in [0.25, 0.3) is 16.5 Å². The third kappa shape index (κ3) is 4.20. The monoisotopic (exact) mass is 453 g/mol. The largest absolute Gasteiger partial charge is 0.491 e. The zero-order valence-electron chi connectivity index (χ0n) is 18.5. The Hall–Kier alpha value is -2.97. The molecule has 0 saturated heterocycles. The molecule has 8 heteroatoms. The molecule has 0 saturated carbocycles. The predicted molar refractivity (Wildman–Crippen MR) is 124 cm³/mol. The highest BCUT2D eigenvalue weighted by Crippen LogP contribution is 2.33. The van der Waals surface area contributed by atoms with Gasteiger partial charge in [-0.3, -0.25) is 4.98 Å². The first-order valence-electron chi connectivity index (χ1n) is 10.6. The van der Waals surface area contributed by atoms with E-state index in [1.807, 2.05) is 36.8 Å². The summed E-state index contributed by atoms with van der Waals surface area (Å²) in [5.41, 5.74) is 3.66. The number of hydrogen-bond donors (Lipinski definition) is 0. The number of carbonyl (C=O) groups excluding carboxylic acids is 1. The van der Waals surface area contributed by atoms with Crippen molar-refractivity contribution in [3.63, 3.8) is 0 Å². The van der Waals surface area contributed by atoms with Gasteiger partial charge in [-0.1, -0.05) is 6.08 Å². The van der Waals surface area contributed by atoms with Crippen LogP contribution in [0.5, 0.6) is 5.75 Å². The van der Waals surface area contributed by atoms with Crippen LogP contribution in [0.1, 0.15) is 31.4 Å². The molecule has 0 spiro atoms. The Labute approximate surface area is 188 Å². The second kappa shape index (κ2) is 8.88. The lowest BCUT2D eigenvalue weighted by molar-refractivity contribution is -0.108. The van der Waals surface area contributed by atoms with Gasteiger partial charge in [-0.05, 0) is 62.6 Å². The van der Waals surface area contributed by atoms with E-state index in [0.717, 1.165) is 28.3 Å². The molecule has 0 N–H and O–H groups in total. The van der Waals surface area contributed by atoms with Crippen molar-refractivity contribution >= 4 is 32.8 Å². The second-order valence-electron chi connectivity index (χ2n) is 8.19. The minimum absolute atomic E-state index is 0.0239. The quantitative estimate of drug-likeness (QED) is 0.508. The van der Waals surface area contributed by atoms with Crippen molar-refractivity contribution < 1.29 is 17.9 Å². The van der Waals surface area contributed by atoms with Gasteiger partial charge < -0.3 is 14.1 Å². The van der Waals surface area contributed by atoms with Crippen molar-refractivity contribution in [3.05, 3.63) is 60.1 Å². The third-order valence-electron chi connectivity index (χ3n) is 5.61. The molecule has 7 nitrogen and oxygen atoms in total. The number of carbonyl (C=O) groups is 1. The molecule has 1 aliphatic heterocycles. The standard InChI is InChI=1S/C24H27N3O4S/c1-17(2)31-20-4-5-24(18(3)14-20)32(29,30)27-10-7-19(8-11-27)22-16-26(12-13-28)23-15-25-9-6-21(22)23/h4-7,9,13-17H,8,10-12H2,1-3H3. The molecule has 0 radical (unpaired) electrons. The Morgan fingerprint density at radius 2 is 2.06 bits per heavy atom. The van der Waals surface area contributed by atoms with Crippen LogP contribution < -0.4 is 4.74 Å². The molecule has 1 aliphatic rings. The molecule has 0 unspecified atom stereocenters. The topological polar surface area (TPSA) is 81.5 Å². The summed E-state index contributed by atoms with van der Waals surface area (Å²) in [6.07, 6.45) is 8.87. The van der Waals surface area contributed by atoms with Crippen LogP contribution in [0.4, 0.5) is 0 Å². The summed E-state index contributed by atoms with van der Waals surface area (Å²) in [5.74, 6) is 0.665. The lowest BCUT2D eigenvalue weighted by Gasteiger charge is -2.26. The van der Waals surface area contributed by atoms with Crippen molar-refractivity contribution in [2.24, 2.45) is 0 Å². The van der Waals surface area contributed by atoms with E-state index < -0.39 is 10.0 Å². The number of rotatable bonds is 7. The lowest BCUT2D eigenvalue weighted by atomic mass is 10.0. The third-order valence-corrected chi connectivity index (χ3v) is 7.63. The molecule has 0 amide bonds. The molecule has 0 fully saturated rings. The molecular weight excluding hydrogens is 426 g/mol. The summed E-state index contributed by atoms with van der Waals surface area (Å²) < 4.78 is 35.6. The molecule has 32 heavy (non-hydrogen) atoms. The Morgan fingerprint density at radius 1 is 1.25 bits per heavy atom. The van der Waals surface area contributed by atoms with Crippen molar-refractivity contribution in [2.75, 3.05) is 13.1 Å². The molecular formula is C24H27N3O4S. The van der Waals surface area contributed by atoms with E-state index in [1.165, 1.54) is 4.31 Å². The van der Waals surface area contributed by atoms with E-state index in [2.05, 4.69) is 4.98 Å². The maximum Gasteiger partial charge on any atom is 0.243 e. The molecule has 168 valence electrons. The number of aryl methyl sites for hydroxylation is 1. The van der Waals surface area contributed by atoms with Gasteiger partial charge in [0.2, 0.25) is 10.0 Å². The van der Waals surface area contributed by atoms with Crippen LogP contribution in [0.15, 0.2) is 53.8 Å². The smallest absolute Gasteiger partial charge is 0.243 e. The van der Waals surface area contributed by atoms with Crippen molar-refractivity contribution in [3.8, 4) is 5.75 Å². The SMILES string of the molecule is Cc1cc(OC(C)C)ccc1S(=O)(=O)N1CC=C(c2cn(CC=O)c3cnccc23)CC1. The minimum Gasteiger partial charge on any atom is -0.491 e. The van der Waals surface area contributed by atoms with Gasteiger partial charge in [0.1, 0.15) is 12.0 Å². The summed E-state index contributed by atoms with van der Waals surface area (Å²) in [7, 11) is -3.62. The number of pyridine rings is 1. The highest BCUT2D eigenvalue weighted by molar-refractivity contribution is 7.89. The zero-order chi connectivity index (χ0) is 22.9. The summed E-state index contributed by atoms with van der Waals surface area (Å²) in [5, 5.41) is 1.01. The highest BCUT2D eigenvalue weighted by Gasteiger charge is 2.28. The molecule has 3 aromatic rings. The maximum absolute atomic E-state index is 13.3. The average molecular weight is 454 g/mol. The Morgan fingerprint density at radius 3 is 2.72 bits per heavy atom. The van der Waals surface area contributed by atoms with E-state index in [1.54, 1.807) is 37.5 Å². The number of sulfonamides is 1. The van der Waals surface area contributed by atoms with Crippen LogP contribution in [-0.4, -0.2) is 47.8 Å². The van der Waals surface area contributed by atoms with Gasteiger partial charge in [0.15, 0.2) is 0 Å². The summed E-state index contributed by atoms with van der Waals surface area (Å²) in [6, 6.07) is 7.04. The molecule has 0 bridgehead atoms. The number of aromatic nitrogens is 2.